The van der Waals surface area contributed by atoms with Crippen molar-refractivity contribution in [2.24, 2.45) is 0 Å². The van der Waals surface area contributed by atoms with E-state index in [1.165, 1.54) is 19.2 Å². The van der Waals surface area contributed by atoms with Crippen LogP contribution >= 0.6 is 0 Å². The van der Waals surface area contributed by atoms with E-state index in [4.69, 9.17) is 9.47 Å². The fourth-order valence-corrected chi connectivity index (χ4v) is 1.84. The first kappa shape index (κ1) is 14.1. The van der Waals surface area contributed by atoms with Gasteiger partial charge in [-0.2, -0.15) is 0 Å². The highest BCUT2D eigenvalue weighted by molar-refractivity contribution is 5.90. The minimum atomic E-state index is -0.417. The number of ether oxygens (including phenoxy) is 2. The SMILES string of the molecule is COC(=O)c1ccccc1COc1cc(F)ccc1C. The second kappa shape index (κ2) is 6.19. The second-order valence-corrected chi connectivity index (χ2v) is 4.35. The summed E-state index contributed by atoms with van der Waals surface area (Å²) in [6.45, 7) is 2.01. The number of carbonyl (C=O) groups is 1. The number of esters is 1. The highest BCUT2D eigenvalue weighted by atomic mass is 19.1. The number of methoxy groups -OCH3 is 1. The molecule has 0 unspecified atom stereocenters. The van der Waals surface area contributed by atoms with Crippen LogP contribution in [0.1, 0.15) is 21.5 Å². The van der Waals surface area contributed by atoms with Gasteiger partial charge in [0.1, 0.15) is 18.2 Å². The molecule has 0 N–H and O–H groups in total. The Morgan fingerprint density at radius 2 is 1.95 bits per heavy atom. The van der Waals surface area contributed by atoms with Crippen LogP contribution in [-0.4, -0.2) is 13.1 Å². The molecular formula is C16H15FO3. The second-order valence-electron chi connectivity index (χ2n) is 4.35. The Balaban J connectivity index is 2.19. The molecule has 0 bridgehead atoms. The third-order valence-corrected chi connectivity index (χ3v) is 2.96. The Hall–Kier alpha value is -2.36. The highest BCUT2D eigenvalue weighted by Crippen LogP contribution is 2.21. The zero-order chi connectivity index (χ0) is 14.5. The molecule has 0 aliphatic heterocycles. The number of rotatable bonds is 4. The monoisotopic (exact) mass is 274 g/mol. The molecule has 3 nitrogen and oxygen atoms in total. The van der Waals surface area contributed by atoms with E-state index in [0.717, 1.165) is 5.56 Å². The molecule has 0 atom stereocenters. The van der Waals surface area contributed by atoms with Crippen molar-refractivity contribution in [3.05, 3.63) is 65.0 Å². The summed E-state index contributed by atoms with van der Waals surface area (Å²) in [4.78, 5) is 11.6. The number of carbonyl (C=O) groups excluding carboxylic acids is 1. The topological polar surface area (TPSA) is 35.5 Å². The molecule has 20 heavy (non-hydrogen) atoms. The van der Waals surface area contributed by atoms with Crippen molar-refractivity contribution in [2.75, 3.05) is 7.11 Å². The zero-order valence-electron chi connectivity index (χ0n) is 11.4. The number of hydrogen-bond acceptors (Lipinski definition) is 3. The molecule has 0 saturated heterocycles. The Labute approximate surface area is 117 Å². The quantitative estimate of drug-likeness (QED) is 0.800. The molecule has 0 aliphatic carbocycles. The summed E-state index contributed by atoms with van der Waals surface area (Å²) in [6.07, 6.45) is 0. The van der Waals surface area contributed by atoms with E-state index in [9.17, 15) is 9.18 Å². The van der Waals surface area contributed by atoms with Crippen LogP contribution in [0.25, 0.3) is 0 Å². The van der Waals surface area contributed by atoms with Crippen LogP contribution in [0, 0.1) is 12.7 Å². The van der Waals surface area contributed by atoms with Crippen LogP contribution in [0.4, 0.5) is 4.39 Å². The van der Waals surface area contributed by atoms with Crippen molar-refractivity contribution >= 4 is 5.97 Å². The van der Waals surface area contributed by atoms with E-state index in [0.29, 0.717) is 16.9 Å². The van der Waals surface area contributed by atoms with Gasteiger partial charge in [-0.05, 0) is 24.6 Å². The molecule has 2 aromatic carbocycles. The molecule has 0 heterocycles. The van der Waals surface area contributed by atoms with E-state index < -0.39 is 5.97 Å². The van der Waals surface area contributed by atoms with Crippen LogP contribution in [0.5, 0.6) is 5.75 Å². The van der Waals surface area contributed by atoms with E-state index in [2.05, 4.69) is 0 Å². The van der Waals surface area contributed by atoms with Gasteiger partial charge in [-0.25, -0.2) is 9.18 Å². The molecule has 4 heteroatoms. The molecule has 0 saturated carbocycles. The van der Waals surface area contributed by atoms with Crippen LogP contribution < -0.4 is 4.74 Å². The predicted octanol–water partition coefficient (Wildman–Crippen LogP) is 3.50. The first-order valence-corrected chi connectivity index (χ1v) is 6.17. The van der Waals surface area contributed by atoms with E-state index in [1.807, 2.05) is 13.0 Å². The number of aryl methyl sites for hydroxylation is 1. The average molecular weight is 274 g/mol. The van der Waals surface area contributed by atoms with Crippen LogP contribution in [0.3, 0.4) is 0 Å². The van der Waals surface area contributed by atoms with Gasteiger partial charge < -0.3 is 9.47 Å². The smallest absolute Gasteiger partial charge is 0.338 e. The Morgan fingerprint density at radius 1 is 1.20 bits per heavy atom. The van der Waals surface area contributed by atoms with Crippen molar-refractivity contribution in [3.63, 3.8) is 0 Å². The highest BCUT2D eigenvalue weighted by Gasteiger charge is 2.11. The molecule has 0 aliphatic rings. The molecular weight excluding hydrogens is 259 g/mol. The van der Waals surface area contributed by atoms with Crippen LogP contribution in [0.15, 0.2) is 42.5 Å². The van der Waals surface area contributed by atoms with Gasteiger partial charge in [0.2, 0.25) is 0 Å². The maximum atomic E-state index is 13.2. The van der Waals surface area contributed by atoms with Crippen molar-refractivity contribution < 1.29 is 18.7 Å². The van der Waals surface area contributed by atoms with E-state index in [-0.39, 0.29) is 12.4 Å². The molecule has 0 radical (unpaired) electrons. The Morgan fingerprint density at radius 3 is 2.70 bits per heavy atom. The average Bonchev–Trinajstić information content (AvgIpc) is 2.47. The van der Waals surface area contributed by atoms with Crippen molar-refractivity contribution in [1.29, 1.82) is 0 Å². The van der Waals surface area contributed by atoms with Gasteiger partial charge in [-0.3, -0.25) is 0 Å². The van der Waals surface area contributed by atoms with Gasteiger partial charge in [0.15, 0.2) is 0 Å². The van der Waals surface area contributed by atoms with E-state index in [1.54, 1.807) is 24.3 Å². The van der Waals surface area contributed by atoms with Gasteiger partial charge in [0.05, 0.1) is 12.7 Å². The van der Waals surface area contributed by atoms with Crippen molar-refractivity contribution in [1.82, 2.24) is 0 Å². The Kier molecular flexibility index (Phi) is 4.35. The normalized spacial score (nSPS) is 10.2. The lowest BCUT2D eigenvalue weighted by Gasteiger charge is -2.11. The summed E-state index contributed by atoms with van der Waals surface area (Å²) in [7, 11) is 1.33. The zero-order valence-corrected chi connectivity index (χ0v) is 11.4. The summed E-state index contributed by atoms with van der Waals surface area (Å²) in [5, 5.41) is 0. The number of hydrogen-bond donors (Lipinski definition) is 0. The predicted molar refractivity (Wildman–Crippen MR) is 73.3 cm³/mol. The molecule has 2 rings (SSSR count). The van der Waals surface area contributed by atoms with Crippen molar-refractivity contribution in [2.45, 2.75) is 13.5 Å². The summed E-state index contributed by atoms with van der Waals surface area (Å²) >= 11 is 0. The Bertz CT molecular complexity index is 623. The van der Waals surface area contributed by atoms with Crippen molar-refractivity contribution in [3.8, 4) is 5.75 Å². The maximum absolute atomic E-state index is 13.2. The third-order valence-electron chi connectivity index (χ3n) is 2.96. The standard InChI is InChI=1S/C16H15FO3/c1-11-7-8-13(17)9-15(11)20-10-12-5-3-4-6-14(12)16(18)19-2/h3-9H,10H2,1-2H3. The summed E-state index contributed by atoms with van der Waals surface area (Å²) in [5.41, 5.74) is 1.98. The van der Waals surface area contributed by atoms with Gasteiger partial charge in [-0.1, -0.05) is 24.3 Å². The first-order valence-electron chi connectivity index (χ1n) is 6.17. The van der Waals surface area contributed by atoms with Gasteiger partial charge >= 0.3 is 5.97 Å². The lowest BCUT2D eigenvalue weighted by atomic mass is 10.1. The van der Waals surface area contributed by atoms with Gasteiger partial charge in [0.25, 0.3) is 0 Å². The summed E-state index contributed by atoms with van der Waals surface area (Å²) in [5.74, 6) is -0.309. The largest absolute Gasteiger partial charge is 0.489 e. The summed E-state index contributed by atoms with van der Waals surface area (Å²) < 4.78 is 23.5. The lowest BCUT2D eigenvalue weighted by Crippen LogP contribution is -2.08. The fourth-order valence-electron chi connectivity index (χ4n) is 1.84. The number of benzene rings is 2. The van der Waals surface area contributed by atoms with E-state index >= 15 is 0 Å². The number of halogens is 1. The fraction of sp³-hybridized carbons (Fsp3) is 0.188. The first-order chi connectivity index (χ1) is 9.61. The summed E-state index contributed by atoms with van der Waals surface area (Å²) in [6, 6.07) is 11.4. The van der Waals surface area contributed by atoms with Crippen LogP contribution in [0.2, 0.25) is 0 Å². The minimum Gasteiger partial charge on any atom is -0.489 e. The minimum absolute atomic E-state index is 0.176. The maximum Gasteiger partial charge on any atom is 0.338 e. The van der Waals surface area contributed by atoms with Gasteiger partial charge in [-0.15, -0.1) is 0 Å². The van der Waals surface area contributed by atoms with Crippen LogP contribution in [-0.2, 0) is 11.3 Å². The molecule has 0 fully saturated rings. The molecule has 104 valence electrons. The van der Waals surface area contributed by atoms with Gasteiger partial charge in [0, 0.05) is 11.6 Å². The third kappa shape index (κ3) is 3.15. The molecule has 0 spiro atoms. The molecule has 0 aromatic heterocycles. The molecule has 2 aromatic rings. The lowest BCUT2D eigenvalue weighted by molar-refractivity contribution is 0.0597. The molecule has 0 amide bonds.